The number of ether oxygens (including phenoxy) is 1. The van der Waals surface area contributed by atoms with Gasteiger partial charge in [-0.2, -0.15) is 0 Å². The van der Waals surface area contributed by atoms with Crippen molar-refractivity contribution in [3.63, 3.8) is 0 Å². The van der Waals surface area contributed by atoms with Gasteiger partial charge in [0, 0.05) is 12.8 Å². The average molecular weight is 1230 g/mol. The third kappa shape index (κ3) is 66.9. The maximum Gasteiger partial charge on any atom is 0.472 e. The second kappa shape index (κ2) is 65.6. The van der Waals surface area contributed by atoms with Crippen LogP contribution in [0.25, 0.3) is 0 Å². The van der Waals surface area contributed by atoms with Crippen LogP contribution >= 0.6 is 7.82 Å². The summed E-state index contributed by atoms with van der Waals surface area (Å²) in [6.07, 6.45) is 91.1. The van der Waals surface area contributed by atoms with Gasteiger partial charge in [-0.1, -0.05) is 297 Å². The van der Waals surface area contributed by atoms with Gasteiger partial charge in [-0.25, -0.2) is 4.57 Å². The number of allylic oxidation sites excluding steroid dienone is 17. The highest BCUT2D eigenvalue weighted by atomic mass is 31.2. The number of rotatable bonds is 65. The number of carbonyl (C=O) groups excluding carboxylic acids is 2. The summed E-state index contributed by atoms with van der Waals surface area (Å²) in [5.74, 6) is -0.531. The number of nitrogens with one attached hydrogen (secondary N) is 1. The number of amides is 1. The lowest BCUT2D eigenvalue weighted by Crippen LogP contribution is -2.47. The Hall–Kier alpha value is -3.33. The molecule has 0 aromatic rings. The zero-order valence-electron chi connectivity index (χ0n) is 57.5. The highest BCUT2D eigenvalue weighted by molar-refractivity contribution is 7.47. The number of esters is 1. The van der Waals surface area contributed by atoms with Gasteiger partial charge in [-0.3, -0.25) is 18.6 Å². The standard InChI is InChI=1S/C77H137N2O7P/c1-7-10-13-16-19-22-25-27-29-31-33-35-37-38-39-40-42-43-45-47-49-51-54-57-60-63-66-69-76(80)78-74(73-85-87(82,83)84-72-71-79(4,5)6)75(68-65-62-59-56-53-24-21-18-15-12-9-3)86-77(81)70-67-64-61-58-55-52-50-48-46-44-41-36-34-32-30-28-26-23-20-17-14-11-8-2/h11,14,19-20,22-23,27-30,34,36,44,46,50,52,65,68,74-75H,7-10,12-13,15-18,21,24-26,31-33,35,37-43,45,47-49,51,53-64,66-67,69-73H2,1-6H3,(H-,78,80,82,83)/p+1/b14-11-,22-19-,23-20-,29-27-,30-28-,36-34-,46-44-,52-50-,68-65-. The van der Waals surface area contributed by atoms with Gasteiger partial charge in [0.1, 0.15) is 19.3 Å². The van der Waals surface area contributed by atoms with Crippen LogP contribution in [0.5, 0.6) is 0 Å². The molecule has 0 rings (SSSR count). The maximum atomic E-state index is 13.6. The van der Waals surface area contributed by atoms with Gasteiger partial charge in [-0.05, 0) is 115 Å². The molecule has 2 N–H and O–H groups in total. The first-order chi connectivity index (χ1) is 42.4. The Morgan fingerprint density at radius 3 is 1.13 bits per heavy atom. The zero-order chi connectivity index (χ0) is 63.5. The summed E-state index contributed by atoms with van der Waals surface area (Å²) in [4.78, 5) is 37.9. The van der Waals surface area contributed by atoms with Gasteiger partial charge in [0.25, 0.3) is 0 Å². The first-order valence-corrected chi connectivity index (χ1v) is 37.7. The van der Waals surface area contributed by atoms with E-state index in [1.807, 2.05) is 33.3 Å². The molecule has 0 radical (unpaired) electrons. The molecule has 0 aliphatic carbocycles. The van der Waals surface area contributed by atoms with E-state index in [9.17, 15) is 19.0 Å². The zero-order valence-corrected chi connectivity index (χ0v) is 58.4. The van der Waals surface area contributed by atoms with Crippen molar-refractivity contribution in [2.24, 2.45) is 0 Å². The fourth-order valence-corrected chi connectivity index (χ4v) is 10.9. The molecular weight excluding hydrogens is 1100 g/mol. The van der Waals surface area contributed by atoms with Crippen molar-refractivity contribution in [1.82, 2.24) is 5.32 Å². The Morgan fingerprint density at radius 2 is 0.736 bits per heavy atom. The molecule has 87 heavy (non-hydrogen) atoms. The van der Waals surface area contributed by atoms with Crippen LogP contribution < -0.4 is 5.32 Å². The van der Waals surface area contributed by atoms with Crippen molar-refractivity contribution in [3.05, 3.63) is 109 Å². The summed E-state index contributed by atoms with van der Waals surface area (Å²) in [5, 5.41) is 3.06. The molecule has 502 valence electrons. The van der Waals surface area contributed by atoms with Crippen LogP contribution in [0, 0.1) is 0 Å². The monoisotopic (exact) mass is 1230 g/mol. The highest BCUT2D eigenvalue weighted by Gasteiger charge is 2.30. The molecule has 3 unspecified atom stereocenters. The predicted molar refractivity (Wildman–Crippen MR) is 378 cm³/mol. The number of phosphoric acid groups is 1. The molecule has 9 nitrogen and oxygen atoms in total. The molecule has 0 fully saturated rings. The topological polar surface area (TPSA) is 111 Å². The van der Waals surface area contributed by atoms with Crippen LogP contribution in [0.4, 0.5) is 0 Å². The minimum Gasteiger partial charge on any atom is -0.456 e. The number of unbranched alkanes of at least 4 members (excludes halogenated alkanes) is 33. The quantitative estimate of drug-likeness (QED) is 0.0205. The second-order valence-electron chi connectivity index (χ2n) is 25.4. The van der Waals surface area contributed by atoms with Gasteiger partial charge in [0.05, 0.1) is 33.8 Å². The summed E-state index contributed by atoms with van der Waals surface area (Å²) in [6, 6.07) is -0.866. The summed E-state index contributed by atoms with van der Waals surface area (Å²) < 4.78 is 30.8. The first kappa shape index (κ1) is 83.7. The van der Waals surface area contributed by atoms with Crippen LogP contribution in [-0.4, -0.2) is 74.3 Å². The van der Waals surface area contributed by atoms with E-state index in [0.29, 0.717) is 23.9 Å². The molecule has 0 aromatic carbocycles. The summed E-state index contributed by atoms with van der Waals surface area (Å²) in [6.45, 7) is 6.87. The van der Waals surface area contributed by atoms with Gasteiger partial charge in [-0.15, -0.1) is 0 Å². The fourth-order valence-electron chi connectivity index (χ4n) is 10.2. The van der Waals surface area contributed by atoms with Crippen molar-refractivity contribution in [2.45, 2.75) is 328 Å². The molecule has 0 heterocycles. The number of hydrogen-bond acceptors (Lipinski definition) is 6. The Kier molecular flexibility index (Phi) is 63.1. The van der Waals surface area contributed by atoms with Crippen LogP contribution in [0.1, 0.15) is 316 Å². The van der Waals surface area contributed by atoms with Crippen LogP contribution in [0.3, 0.4) is 0 Å². The number of likely N-dealkylation sites (N-methyl/N-ethyl adjacent to an activating group) is 1. The van der Waals surface area contributed by atoms with Crippen LogP contribution in [0.2, 0.25) is 0 Å². The molecule has 10 heteroatoms. The maximum absolute atomic E-state index is 13.6. The van der Waals surface area contributed by atoms with Crippen molar-refractivity contribution in [3.8, 4) is 0 Å². The molecular formula is C77H138N2O7P+. The lowest BCUT2D eigenvalue weighted by molar-refractivity contribution is -0.870. The van der Waals surface area contributed by atoms with Gasteiger partial charge in [0.2, 0.25) is 5.91 Å². The Morgan fingerprint density at radius 1 is 0.414 bits per heavy atom. The Balaban J connectivity index is 5.03. The molecule has 1 amide bonds. The average Bonchev–Trinajstić information content (AvgIpc) is 3.70. The third-order valence-corrected chi connectivity index (χ3v) is 16.7. The number of carbonyl (C=O) groups is 2. The van der Waals surface area contributed by atoms with Gasteiger partial charge >= 0.3 is 13.8 Å². The molecule has 0 aromatic heterocycles. The smallest absolute Gasteiger partial charge is 0.456 e. The molecule has 0 saturated heterocycles. The molecule has 0 aliphatic heterocycles. The van der Waals surface area contributed by atoms with E-state index in [1.54, 1.807) is 0 Å². The number of quaternary nitrogens is 1. The van der Waals surface area contributed by atoms with E-state index in [1.165, 1.54) is 167 Å². The molecule has 3 atom stereocenters. The Bertz CT molecular complexity index is 1860. The Labute approximate surface area is 538 Å². The van der Waals surface area contributed by atoms with E-state index >= 15 is 0 Å². The van der Waals surface area contributed by atoms with E-state index in [4.69, 9.17) is 13.8 Å². The van der Waals surface area contributed by atoms with Crippen molar-refractivity contribution in [1.29, 1.82) is 0 Å². The SMILES string of the molecule is CC/C=C\C/C=C\C/C=C\C/C=C\C/C=C\C/C=C\CCCCCCC(=O)OC(/C=C\CCCCCCCCCCC)C(COP(=O)(O)OCC[N+](C)(C)C)NC(=O)CCCCCCCCCCCCCCCCCCC/C=C\C/C=C\CCCCC. The van der Waals surface area contributed by atoms with Gasteiger partial charge in [0.15, 0.2) is 0 Å². The predicted octanol–water partition coefficient (Wildman–Crippen LogP) is 23.2. The van der Waals surface area contributed by atoms with E-state index in [2.05, 4.69) is 123 Å². The largest absolute Gasteiger partial charge is 0.472 e. The van der Waals surface area contributed by atoms with E-state index in [0.717, 1.165) is 109 Å². The normalized spacial score (nSPS) is 14.1. The molecule has 0 bridgehead atoms. The van der Waals surface area contributed by atoms with Crippen molar-refractivity contribution >= 4 is 19.7 Å². The minimum absolute atomic E-state index is 0.0319. The van der Waals surface area contributed by atoms with Crippen LogP contribution in [0.15, 0.2) is 109 Å². The molecule has 0 saturated carbocycles. The van der Waals surface area contributed by atoms with E-state index in [-0.39, 0.29) is 31.5 Å². The number of hydrogen-bond donors (Lipinski definition) is 2. The van der Waals surface area contributed by atoms with E-state index < -0.39 is 20.0 Å². The fraction of sp³-hybridized carbons (Fsp3) is 0.740. The summed E-state index contributed by atoms with van der Waals surface area (Å²) >= 11 is 0. The molecule has 0 spiro atoms. The summed E-state index contributed by atoms with van der Waals surface area (Å²) in [5.41, 5.74) is 0. The number of nitrogens with zero attached hydrogens (tertiary/aromatic N) is 1. The lowest BCUT2D eigenvalue weighted by Gasteiger charge is -2.27. The first-order valence-electron chi connectivity index (χ1n) is 36.2. The second-order valence-corrected chi connectivity index (χ2v) is 26.8. The van der Waals surface area contributed by atoms with Gasteiger partial charge < -0.3 is 19.4 Å². The third-order valence-electron chi connectivity index (χ3n) is 15.7. The highest BCUT2D eigenvalue weighted by Crippen LogP contribution is 2.43. The molecule has 0 aliphatic rings. The van der Waals surface area contributed by atoms with Crippen molar-refractivity contribution < 1.29 is 37.3 Å². The lowest BCUT2D eigenvalue weighted by atomic mass is 10.0. The minimum atomic E-state index is -4.47. The van der Waals surface area contributed by atoms with Crippen molar-refractivity contribution in [2.75, 3.05) is 40.9 Å². The van der Waals surface area contributed by atoms with Crippen LogP contribution in [-0.2, 0) is 27.9 Å². The number of phosphoric ester groups is 1. The summed E-state index contributed by atoms with van der Waals surface area (Å²) in [7, 11) is 1.48.